The van der Waals surface area contributed by atoms with Crippen molar-refractivity contribution in [1.82, 2.24) is 19.5 Å². The first-order valence-electron chi connectivity index (χ1n) is 7.46. The van der Waals surface area contributed by atoms with Crippen molar-refractivity contribution >= 4 is 22.8 Å². The highest BCUT2D eigenvalue weighted by molar-refractivity contribution is 6.30. The first-order chi connectivity index (χ1) is 11.7. The fourth-order valence-corrected chi connectivity index (χ4v) is 2.85. The van der Waals surface area contributed by atoms with Crippen molar-refractivity contribution in [3.8, 4) is 11.4 Å². The molecule has 0 saturated heterocycles. The van der Waals surface area contributed by atoms with Crippen LogP contribution in [0.2, 0.25) is 5.02 Å². The zero-order valence-corrected chi connectivity index (χ0v) is 13.4. The van der Waals surface area contributed by atoms with Crippen LogP contribution in [0.1, 0.15) is 5.56 Å². The van der Waals surface area contributed by atoms with Crippen LogP contribution in [0.4, 0.5) is 0 Å². The second kappa shape index (κ2) is 5.94. The predicted octanol–water partition coefficient (Wildman–Crippen LogP) is 3.49. The van der Waals surface area contributed by atoms with E-state index in [1.165, 1.54) is 0 Å². The molecule has 4 aromatic rings. The largest absolute Gasteiger partial charge is 0.320 e. The minimum atomic E-state index is -0.219. The molecule has 0 unspecified atom stereocenters. The van der Waals surface area contributed by atoms with Crippen molar-refractivity contribution in [2.24, 2.45) is 0 Å². The molecule has 0 atom stereocenters. The van der Waals surface area contributed by atoms with Crippen LogP contribution in [0.5, 0.6) is 0 Å². The Bertz CT molecular complexity index is 1070. The first-order valence-corrected chi connectivity index (χ1v) is 7.83. The SMILES string of the molecule is O=c1[nH]c(-c2cccc(Cl)c2)nc2ncn(Cc3ccccc3)c12. The molecule has 6 heteroatoms. The summed E-state index contributed by atoms with van der Waals surface area (Å²) in [5.74, 6) is 0.458. The van der Waals surface area contributed by atoms with Gasteiger partial charge in [0, 0.05) is 17.1 Å². The second-order valence-electron chi connectivity index (χ2n) is 5.46. The summed E-state index contributed by atoms with van der Waals surface area (Å²) < 4.78 is 1.80. The Morgan fingerprint density at radius 2 is 1.92 bits per heavy atom. The highest BCUT2D eigenvalue weighted by Gasteiger charge is 2.12. The Morgan fingerprint density at radius 3 is 2.71 bits per heavy atom. The summed E-state index contributed by atoms with van der Waals surface area (Å²) in [5, 5.41) is 0.588. The number of imidazole rings is 1. The van der Waals surface area contributed by atoms with Gasteiger partial charge in [0.1, 0.15) is 5.82 Å². The van der Waals surface area contributed by atoms with Crippen LogP contribution in [-0.2, 0) is 6.54 Å². The Hall–Kier alpha value is -2.92. The molecule has 0 aliphatic heterocycles. The van der Waals surface area contributed by atoms with E-state index in [1.54, 1.807) is 23.0 Å². The Balaban J connectivity index is 1.80. The number of nitrogens with one attached hydrogen (secondary N) is 1. The molecule has 0 amide bonds. The maximum Gasteiger partial charge on any atom is 0.277 e. The standard InChI is InChI=1S/C18H13ClN4O/c19-14-8-4-7-13(9-14)16-21-17-15(18(24)22-16)23(11-20-17)10-12-5-2-1-3-6-12/h1-9,11H,10H2,(H,21,22,24). The number of benzene rings is 2. The smallest absolute Gasteiger partial charge is 0.277 e. The molecule has 0 fully saturated rings. The summed E-state index contributed by atoms with van der Waals surface area (Å²) >= 11 is 6.01. The third kappa shape index (κ3) is 2.70. The average Bonchev–Trinajstić information content (AvgIpc) is 2.99. The van der Waals surface area contributed by atoms with Gasteiger partial charge in [-0.1, -0.05) is 54.1 Å². The Morgan fingerprint density at radius 1 is 1.08 bits per heavy atom. The molecule has 2 heterocycles. The van der Waals surface area contributed by atoms with Gasteiger partial charge < -0.3 is 9.55 Å². The zero-order valence-electron chi connectivity index (χ0n) is 12.6. The number of nitrogens with zero attached hydrogens (tertiary/aromatic N) is 3. The molecule has 0 aliphatic rings. The summed E-state index contributed by atoms with van der Waals surface area (Å²) in [4.78, 5) is 24.1. The maximum atomic E-state index is 12.5. The third-order valence-corrected chi connectivity index (χ3v) is 4.01. The Kier molecular flexibility index (Phi) is 3.63. The number of hydrogen-bond donors (Lipinski definition) is 1. The van der Waals surface area contributed by atoms with Gasteiger partial charge in [-0.3, -0.25) is 4.79 Å². The van der Waals surface area contributed by atoms with E-state index in [0.717, 1.165) is 11.1 Å². The number of aromatic nitrogens is 4. The molecule has 1 N–H and O–H groups in total. The zero-order chi connectivity index (χ0) is 16.5. The van der Waals surface area contributed by atoms with E-state index in [4.69, 9.17) is 11.6 Å². The van der Waals surface area contributed by atoms with Gasteiger partial charge in [0.05, 0.1) is 6.33 Å². The second-order valence-corrected chi connectivity index (χ2v) is 5.89. The van der Waals surface area contributed by atoms with Crippen molar-refractivity contribution in [2.75, 3.05) is 0 Å². The van der Waals surface area contributed by atoms with E-state index in [1.807, 2.05) is 42.5 Å². The van der Waals surface area contributed by atoms with Crippen molar-refractivity contribution in [3.63, 3.8) is 0 Å². The van der Waals surface area contributed by atoms with Crippen LogP contribution >= 0.6 is 11.6 Å². The maximum absolute atomic E-state index is 12.5. The van der Waals surface area contributed by atoms with Crippen molar-refractivity contribution in [3.05, 3.63) is 81.9 Å². The van der Waals surface area contributed by atoms with E-state index < -0.39 is 0 Å². The van der Waals surface area contributed by atoms with Crippen LogP contribution in [0.15, 0.2) is 65.7 Å². The minimum absolute atomic E-state index is 0.219. The Labute approximate surface area is 142 Å². The van der Waals surface area contributed by atoms with Crippen molar-refractivity contribution in [2.45, 2.75) is 6.54 Å². The van der Waals surface area contributed by atoms with Crippen LogP contribution < -0.4 is 5.56 Å². The van der Waals surface area contributed by atoms with E-state index in [-0.39, 0.29) is 5.56 Å². The summed E-state index contributed by atoms with van der Waals surface area (Å²) in [6.45, 7) is 0.568. The van der Waals surface area contributed by atoms with Gasteiger partial charge in [0.25, 0.3) is 5.56 Å². The van der Waals surface area contributed by atoms with Gasteiger partial charge in [0.15, 0.2) is 11.2 Å². The highest BCUT2D eigenvalue weighted by atomic mass is 35.5. The van der Waals surface area contributed by atoms with Crippen LogP contribution in [0.25, 0.3) is 22.6 Å². The monoisotopic (exact) mass is 336 g/mol. The lowest BCUT2D eigenvalue weighted by Gasteiger charge is -2.05. The highest BCUT2D eigenvalue weighted by Crippen LogP contribution is 2.20. The molecule has 2 aromatic carbocycles. The number of hydrogen-bond acceptors (Lipinski definition) is 3. The fourth-order valence-electron chi connectivity index (χ4n) is 2.66. The lowest BCUT2D eigenvalue weighted by molar-refractivity contribution is 0.819. The van der Waals surface area contributed by atoms with E-state index in [9.17, 15) is 4.79 Å². The van der Waals surface area contributed by atoms with Crippen LogP contribution in [0.3, 0.4) is 0 Å². The molecule has 0 saturated carbocycles. The van der Waals surface area contributed by atoms with E-state index in [0.29, 0.717) is 28.6 Å². The van der Waals surface area contributed by atoms with Gasteiger partial charge >= 0.3 is 0 Å². The normalized spacial score (nSPS) is 11.0. The van der Waals surface area contributed by atoms with Crippen molar-refractivity contribution < 1.29 is 0 Å². The molecular formula is C18H13ClN4O. The molecule has 0 spiro atoms. The van der Waals surface area contributed by atoms with Crippen LogP contribution in [0, 0.1) is 0 Å². The van der Waals surface area contributed by atoms with Gasteiger partial charge in [-0.2, -0.15) is 0 Å². The molecule has 5 nitrogen and oxygen atoms in total. The molecule has 0 radical (unpaired) electrons. The summed E-state index contributed by atoms with van der Waals surface area (Å²) in [5.41, 5.74) is 2.51. The number of H-pyrrole nitrogens is 1. The summed E-state index contributed by atoms with van der Waals surface area (Å²) in [6.07, 6.45) is 1.64. The molecular weight excluding hydrogens is 324 g/mol. The lowest BCUT2D eigenvalue weighted by Crippen LogP contribution is -2.13. The van der Waals surface area contributed by atoms with Gasteiger partial charge in [-0.05, 0) is 17.7 Å². The number of halogens is 1. The molecule has 4 rings (SSSR count). The number of aromatic amines is 1. The molecule has 118 valence electrons. The molecule has 0 aliphatic carbocycles. The average molecular weight is 337 g/mol. The van der Waals surface area contributed by atoms with Gasteiger partial charge in [-0.25, -0.2) is 9.97 Å². The van der Waals surface area contributed by atoms with E-state index in [2.05, 4.69) is 15.0 Å². The quantitative estimate of drug-likeness (QED) is 0.623. The molecule has 24 heavy (non-hydrogen) atoms. The molecule has 0 bridgehead atoms. The summed E-state index contributed by atoms with van der Waals surface area (Å²) in [6, 6.07) is 17.1. The fraction of sp³-hybridized carbons (Fsp3) is 0.0556. The van der Waals surface area contributed by atoms with E-state index >= 15 is 0 Å². The lowest BCUT2D eigenvalue weighted by atomic mass is 10.2. The number of rotatable bonds is 3. The number of fused-ring (bicyclic) bond motifs is 1. The van der Waals surface area contributed by atoms with Crippen molar-refractivity contribution in [1.29, 1.82) is 0 Å². The summed E-state index contributed by atoms with van der Waals surface area (Å²) in [7, 11) is 0. The predicted molar refractivity (Wildman–Crippen MR) is 94.1 cm³/mol. The van der Waals surface area contributed by atoms with Gasteiger partial charge in [-0.15, -0.1) is 0 Å². The minimum Gasteiger partial charge on any atom is -0.320 e. The third-order valence-electron chi connectivity index (χ3n) is 3.78. The first kappa shape index (κ1) is 14.7. The van der Waals surface area contributed by atoms with Crippen LogP contribution in [-0.4, -0.2) is 19.5 Å². The topological polar surface area (TPSA) is 63.6 Å². The molecule has 2 aromatic heterocycles. The van der Waals surface area contributed by atoms with Gasteiger partial charge in [0.2, 0.25) is 0 Å².